The number of amides is 2. The molecule has 14 heteroatoms. The van der Waals surface area contributed by atoms with Crippen molar-refractivity contribution in [2.24, 2.45) is 0 Å². The van der Waals surface area contributed by atoms with Crippen LogP contribution in [0.25, 0.3) is 22.7 Å². The number of carbonyl (C=O) groups excluding carboxylic acids is 1. The molecule has 0 aliphatic rings. The average Bonchev–Trinajstić information content (AvgIpc) is 3.69. The van der Waals surface area contributed by atoms with Crippen LogP contribution in [0.4, 0.5) is 23.8 Å². The number of aryl methyl sites for hydroxylation is 1. The summed E-state index contributed by atoms with van der Waals surface area (Å²) in [6, 6.07) is 22.7. The zero-order valence-corrected chi connectivity index (χ0v) is 28.5. The Morgan fingerprint density at radius 3 is 2.51 bits per heavy atom. The summed E-state index contributed by atoms with van der Waals surface area (Å²) in [6.45, 7) is 5.97. The highest BCUT2D eigenvalue weighted by molar-refractivity contribution is 7.99. The molecule has 0 unspecified atom stereocenters. The number of rotatable bonds is 9. The molecule has 3 N–H and O–H groups in total. The number of fused-ring (bicyclic) bond motifs is 1. The molecule has 0 aliphatic carbocycles. The molecule has 3 aromatic carbocycles. The summed E-state index contributed by atoms with van der Waals surface area (Å²) >= 11 is 3.02. The van der Waals surface area contributed by atoms with Crippen LogP contribution in [0.2, 0.25) is 0 Å². The second-order valence-electron chi connectivity index (χ2n) is 11.7. The number of benzene rings is 3. The van der Waals surface area contributed by atoms with E-state index in [0.717, 1.165) is 33.1 Å². The molecule has 0 spiro atoms. The average molecular weight is 704 g/mol. The molecule has 3 heterocycles. The fraction of sp³-hybridized carbons (Fsp3) is 0.200. The summed E-state index contributed by atoms with van der Waals surface area (Å²) < 4.78 is 43.2. The first-order valence-corrected chi connectivity index (χ1v) is 17.2. The number of thioether (sulfide) groups is 1. The Morgan fingerprint density at radius 2 is 1.76 bits per heavy atom. The number of nitrogens with one attached hydrogen (secondary N) is 2. The molecule has 252 valence electrons. The third kappa shape index (κ3) is 7.39. The lowest BCUT2D eigenvalue weighted by Crippen LogP contribution is -2.29. The number of hydrogen-bond donors (Lipinski definition) is 3. The van der Waals surface area contributed by atoms with Crippen molar-refractivity contribution in [1.82, 2.24) is 29.7 Å². The summed E-state index contributed by atoms with van der Waals surface area (Å²) in [5.74, 6) is 0.855. The number of urea groups is 1. The van der Waals surface area contributed by atoms with E-state index in [1.54, 1.807) is 12.1 Å². The highest BCUT2D eigenvalue weighted by Crippen LogP contribution is 2.37. The first kappa shape index (κ1) is 33.9. The Bertz CT molecular complexity index is 2160. The lowest BCUT2D eigenvalue weighted by Gasteiger charge is -2.18. The standard InChI is InChI=1S/C35H32F3N7O2S2/c1-21-12-14-26(27(46)16-21)32-42-41-30-15-13-25(20-44(30)32)49-28-11-6-5-8-22(28)19-39-33(47)40-31-18-29(34(2,3)48-4)43-45(31)24-10-7-9-23(17-24)35(36,37)38/h5-18,20,46H,19H2,1-4H3,(H2,39,40,47). The molecule has 0 fully saturated rings. The maximum atomic E-state index is 13.5. The number of aromatic hydroxyl groups is 1. The predicted octanol–water partition coefficient (Wildman–Crippen LogP) is 8.69. The molecular weight excluding hydrogens is 672 g/mol. The topological polar surface area (TPSA) is 109 Å². The van der Waals surface area contributed by atoms with E-state index in [2.05, 4.69) is 25.9 Å². The van der Waals surface area contributed by atoms with E-state index in [1.807, 2.05) is 86.2 Å². The van der Waals surface area contributed by atoms with Crippen molar-refractivity contribution in [2.45, 2.75) is 48.0 Å². The maximum absolute atomic E-state index is 13.5. The Hall–Kier alpha value is -4.95. The number of hydrogen-bond acceptors (Lipinski definition) is 7. The number of phenols is 1. The van der Waals surface area contributed by atoms with Gasteiger partial charge >= 0.3 is 12.2 Å². The number of alkyl halides is 3. The van der Waals surface area contributed by atoms with Gasteiger partial charge in [-0.15, -0.1) is 10.2 Å². The van der Waals surface area contributed by atoms with E-state index in [0.29, 0.717) is 22.7 Å². The quantitative estimate of drug-likeness (QED) is 0.138. The van der Waals surface area contributed by atoms with Gasteiger partial charge in [0.1, 0.15) is 11.6 Å². The minimum absolute atomic E-state index is 0.115. The van der Waals surface area contributed by atoms with Crippen LogP contribution >= 0.6 is 23.5 Å². The van der Waals surface area contributed by atoms with Crippen LogP contribution < -0.4 is 10.6 Å². The first-order valence-electron chi connectivity index (χ1n) is 15.1. The summed E-state index contributed by atoms with van der Waals surface area (Å²) in [5.41, 5.74) is 2.91. The highest BCUT2D eigenvalue weighted by atomic mass is 32.2. The maximum Gasteiger partial charge on any atom is 0.416 e. The molecule has 9 nitrogen and oxygen atoms in total. The monoisotopic (exact) mass is 703 g/mol. The molecule has 0 radical (unpaired) electrons. The Kier molecular flexibility index (Phi) is 9.36. The molecule has 0 saturated heterocycles. The van der Waals surface area contributed by atoms with Crippen LogP contribution in [0.15, 0.2) is 101 Å². The van der Waals surface area contributed by atoms with Crippen LogP contribution in [-0.2, 0) is 17.5 Å². The van der Waals surface area contributed by atoms with Gasteiger partial charge in [0.25, 0.3) is 0 Å². The lowest BCUT2D eigenvalue weighted by molar-refractivity contribution is -0.137. The highest BCUT2D eigenvalue weighted by Gasteiger charge is 2.31. The van der Waals surface area contributed by atoms with E-state index in [9.17, 15) is 23.1 Å². The molecule has 0 atom stereocenters. The number of anilines is 1. The van der Waals surface area contributed by atoms with Crippen LogP contribution in [0.1, 0.15) is 36.2 Å². The molecule has 6 rings (SSSR count). The molecule has 6 aromatic rings. The minimum Gasteiger partial charge on any atom is -0.507 e. The van der Waals surface area contributed by atoms with E-state index < -0.39 is 22.5 Å². The summed E-state index contributed by atoms with van der Waals surface area (Å²) in [5, 5.41) is 29.3. The van der Waals surface area contributed by atoms with E-state index >= 15 is 0 Å². The molecule has 2 amide bonds. The summed E-state index contributed by atoms with van der Waals surface area (Å²) in [4.78, 5) is 15.0. The SMILES string of the molecule is CSC(C)(C)c1cc(NC(=O)NCc2ccccc2Sc2ccc3nnc(-c4ccc(C)cc4O)n3c2)n(-c2cccc(C(F)(F)F)c2)n1. The van der Waals surface area contributed by atoms with Gasteiger partial charge in [0, 0.05) is 28.6 Å². The van der Waals surface area contributed by atoms with Crippen LogP contribution in [-0.4, -0.2) is 41.8 Å². The molecule has 0 bridgehead atoms. The zero-order valence-electron chi connectivity index (χ0n) is 26.9. The third-order valence-electron chi connectivity index (χ3n) is 7.91. The fourth-order valence-electron chi connectivity index (χ4n) is 5.04. The van der Waals surface area contributed by atoms with Gasteiger partial charge in [-0.3, -0.25) is 9.72 Å². The summed E-state index contributed by atoms with van der Waals surface area (Å²) in [6.07, 6.45) is -0.723. The number of pyridine rings is 1. The van der Waals surface area contributed by atoms with Gasteiger partial charge in [-0.2, -0.15) is 30.0 Å². The van der Waals surface area contributed by atoms with Gasteiger partial charge in [-0.25, -0.2) is 9.48 Å². The van der Waals surface area contributed by atoms with Gasteiger partial charge in [0.15, 0.2) is 11.5 Å². The lowest BCUT2D eigenvalue weighted by atomic mass is 10.1. The number of aromatic nitrogens is 5. The zero-order chi connectivity index (χ0) is 34.9. The van der Waals surface area contributed by atoms with Crippen LogP contribution in [0, 0.1) is 6.92 Å². The van der Waals surface area contributed by atoms with Crippen LogP contribution in [0.5, 0.6) is 5.75 Å². The number of phenolic OH excluding ortho intramolecular Hbond substituents is 1. The minimum atomic E-state index is -4.53. The largest absolute Gasteiger partial charge is 0.507 e. The van der Waals surface area contributed by atoms with Gasteiger partial charge in [-0.1, -0.05) is 42.1 Å². The fourth-order valence-corrected chi connectivity index (χ4v) is 6.31. The van der Waals surface area contributed by atoms with E-state index in [4.69, 9.17) is 0 Å². The van der Waals surface area contributed by atoms with Crippen molar-refractivity contribution < 1.29 is 23.1 Å². The molecular formula is C35H32F3N7O2S2. The van der Waals surface area contributed by atoms with Crippen molar-refractivity contribution in [3.05, 3.63) is 114 Å². The van der Waals surface area contributed by atoms with Crippen molar-refractivity contribution in [1.29, 1.82) is 0 Å². The van der Waals surface area contributed by atoms with Gasteiger partial charge in [0.05, 0.1) is 27.3 Å². The third-order valence-corrected chi connectivity index (χ3v) is 10.2. The van der Waals surface area contributed by atoms with Crippen molar-refractivity contribution in [3.63, 3.8) is 0 Å². The predicted molar refractivity (Wildman–Crippen MR) is 186 cm³/mol. The smallest absolute Gasteiger partial charge is 0.416 e. The second kappa shape index (κ2) is 13.5. The first-order chi connectivity index (χ1) is 23.3. The molecule has 0 saturated carbocycles. The molecule has 0 aliphatic heterocycles. The molecule has 49 heavy (non-hydrogen) atoms. The van der Waals surface area contributed by atoms with Gasteiger partial charge in [0.2, 0.25) is 0 Å². The van der Waals surface area contributed by atoms with Crippen molar-refractivity contribution >= 4 is 41.0 Å². The van der Waals surface area contributed by atoms with Crippen molar-refractivity contribution in [3.8, 4) is 22.8 Å². The van der Waals surface area contributed by atoms with E-state index in [-0.39, 0.29) is 23.8 Å². The summed E-state index contributed by atoms with van der Waals surface area (Å²) in [7, 11) is 0. The number of carbonyl (C=O) groups is 1. The van der Waals surface area contributed by atoms with Gasteiger partial charge in [-0.05, 0) is 86.7 Å². The van der Waals surface area contributed by atoms with Gasteiger partial charge < -0.3 is 10.4 Å². The Labute approximate surface area is 289 Å². The number of halogens is 3. The van der Waals surface area contributed by atoms with Crippen LogP contribution in [0.3, 0.4) is 0 Å². The Morgan fingerprint density at radius 1 is 0.959 bits per heavy atom. The number of nitrogens with zero attached hydrogens (tertiary/aromatic N) is 5. The van der Waals surface area contributed by atoms with E-state index in [1.165, 1.54) is 40.3 Å². The van der Waals surface area contributed by atoms with Crippen molar-refractivity contribution in [2.75, 3.05) is 11.6 Å². The molecule has 3 aromatic heterocycles. The second-order valence-corrected chi connectivity index (χ2v) is 14.3. The Balaban J connectivity index is 1.21. The normalized spacial score (nSPS) is 12.0.